The highest BCUT2D eigenvalue weighted by Crippen LogP contribution is 2.32. The van der Waals surface area contributed by atoms with Crippen molar-refractivity contribution in [3.8, 4) is 0 Å². The average Bonchev–Trinajstić information content (AvgIpc) is 3.44. The molecular formula is C17H18N4O3. The molecule has 1 fully saturated rings. The summed E-state index contributed by atoms with van der Waals surface area (Å²) < 4.78 is 0. The number of rotatable bonds is 6. The highest BCUT2D eigenvalue weighted by atomic mass is 16.6. The van der Waals surface area contributed by atoms with E-state index in [0.717, 1.165) is 24.2 Å². The van der Waals surface area contributed by atoms with Gasteiger partial charge < -0.3 is 10.2 Å². The molecule has 7 nitrogen and oxygen atoms in total. The number of nitrogens with one attached hydrogen (secondary N) is 1. The quantitative estimate of drug-likeness (QED) is 0.651. The van der Waals surface area contributed by atoms with E-state index < -0.39 is 4.92 Å². The second-order valence-corrected chi connectivity index (χ2v) is 5.77. The van der Waals surface area contributed by atoms with Crippen molar-refractivity contribution in [1.29, 1.82) is 0 Å². The van der Waals surface area contributed by atoms with E-state index in [0.29, 0.717) is 18.2 Å². The molecule has 0 spiro atoms. The van der Waals surface area contributed by atoms with Gasteiger partial charge in [-0.1, -0.05) is 12.1 Å². The summed E-state index contributed by atoms with van der Waals surface area (Å²) in [6.07, 6.45) is 3.48. The van der Waals surface area contributed by atoms with E-state index in [4.69, 9.17) is 0 Å². The number of anilines is 1. The summed E-state index contributed by atoms with van der Waals surface area (Å²) in [6, 6.07) is 11.0. The monoisotopic (exact) mass is 326 g/mol. The van der Waals surface area contributed by atoms with Crippen LogP contribution in [-0.2, 0) is 6.54 Å². The van der Waals surface area contributed by atoms with Crippen molar-refractivity contribution in [2.75, 3.05) is 11.9 Å². The zero-order valence-electron chi connectivity index (χ0n) is 13.3. The first-order valence-electron chi connectivity index (χ1n) is 7.76. The van der Waals surface area contributed by atoms with Gasteiger partial charge in [0.1, 0.15) is 12.0 Å². The molecule has 1 aromatic heterocycles. The fourth-order valence-corrected chi connectivity index (χ4v) is 2.54. The van der Waals surface area contributed by atoms with Gasteiger partial charge >= 0.3 is 0 Å². The van der Waals surface area contributed by atoms with Crippen LogP contribution in [0, 0.1) is 10.1 Å². The zero-order chi connectivity index (χ0) is 17.1. The average molecular weight is 326 g/mol. The molecule has 1 saturated carbocycles. The van der Waals surface area contributed by atoms with Gasteiger partial charge in [-0.2, -0.15) is 0 Å². The predicted molar refractivity (Wildman–Crippen MR) is 89.9 cm³/mol. The van der Waals surface area contributed by atoms with Gasteiger partial charge in [0.15, 0.2) is 0 Å². The van der Waals surface area contributed by atoms with Crippen LogP contribution in [0.2, 0.25) is 0 Å². The van der Waals surface area contributed by atoms with Crippen molar-refractivity contribution in [2.24, 2.45) is 0 Å². The Kier molecular flexibility index (Phi) is 4.41. The minimum Gasteiger partial charge on any atom is -0.355 e. The molecule has 1 N–H and O–H groups in total. The van der Waals surface area contributed by atoms with E-state index in [1.165, 1.54) is 12.3 Å². The molecule has 24 heavy (non-hydrogen) atoms. The lowest BCUT2D eigenvalue weighted by Crippen LogP contribution is -2.26. The van der Waals surface area contributed by atoms with Gasteiger partial charge in [0, 0.05) is 31.3 Å². The molecule has 124 valence electrons. The lowest BCUT2D eigenvalue weighted by molar-refractivity contribution is -0.385. The minimum atomic E-state index is -0.449. The lowest BCUT2D eigenvalue weighted by Gasteiger charge is -2.23. The first-order chi connectivity index (χ1) is 11.6. The van der Waals surface area contributed by atoms with Gasteiger partial charge in [-0.25, -0.2) is 4.98 Å². The Labute approximate surface area is 139 Å². The maximum absolute atomic E-state index is 11.6. The number of nitro groups is 1. The van der Waals surface area contributed by atoms with Crippen LogP contribution in [0.25, 0.3) is 0 Å². The van der Waals surface area contributed by atoms with Crippen LogP contribution < -0.4 is 10.2 Å². The third kappa shape index (κ3) is 3.51. The molecule has 1 aliphatic carbocycles. The molecule has 0 aliphatic heterocycles. The maximum Gasteiger partial charge on any atom is 0.287 e. The van der Waals surface area contributed by atoms with E-state index in [2.05, 4.69) is 15.2 Å². The Morgan fingerprint density at radius 1 is 1.29 bits per heavy atom. The fraction of sp³-hybridized carbons (Fsp3) is 0.294. The SMILES string of the molecule is CNC(=O)c1ccc(CN(c2ccc([N+](=O)[O-])cn2)C2CC2)cc1. The molecule has 0 atom stereocenters. The summed E-state index contributed by atoms with van der Waals surface area (Å²) in [5.74, 6) is 0.621. The maximum atomic E-state index is 11.6. The number of carbonyl (C=O) groups is 1. The van der Waals surface area contributed by atoms with Gasteiger partial charge in [-0.3, -0.25) is 14.9 Å². The Morgan fingerprint density at radius 3 is 2.50 bits per heavy atom. The number of benzene rings is 1. The second kappa shape index (κ2) is 6.66. The molecule has 0 unspecified atom stereocenters. The third-order valence-corrected chi connectivity index (χ3v) is 4.02. The standard InChI is InChI=1S/C17H18N4O3/c1-18-17(22)13-4-2-12(3-5-13)11-20(14-6-7-14)16-9-8-15(10-19-16)21(23)24/h2-5,8-10,14H,6-7,11H2,1H3,(H,18,22). The molecule has 3 rings (SSSR count). The van der Waals surface area contributed by atoms with Crippen molar-refractivity contribution < 1.29 is 9.72 Å². The number of carbonyl (C=O) groups excluding carboxylic acids is 1. The summed E-state index contributed by atoms with van der Waals surface area (Å²) in [5, 5.41) is 13.3. The first-order valence-corrected chi connectivity index (χ1v) is 7.76. The second-order valence-electron chi connectivity index (χ2n) is 5.77. The van der Waals surface area contributed by atoms with Gasteiger partial charge in [0.25, 0.3) is 11.6 Å². The van der Waals surface area contributed by atoms with E-state index in [9.17, 15) is 14.9 Å². The van der Waals surface area contributed by atoms with Crippen LogP contribution in [0.5, 0.6) is 0 Å². The predicted octanol–water partition coefficient (Wildman–Crippen LogP) is 2.52. The number of hydrogen-bond donors (Lipinski definition) is 1. The van der Waals surface area contributed by atoms with Crippen LogP contribution in [0.1, 0.15) is 28.8 Å². The van der Waals surface area contributed by atoms with Crippen LogP contribution in [0.4, 0.5) is 11.5 Å². The summed E-state index contributed by atoms with van der Waals surface area (Å²) in [4.78, 5) is 28.3. The highest BCUT2D eigenvalue weighted by Gasteiger charge is 2.30. The number of hydrogen-bond acceptors (Lipinski definition) is 5. The number of amides is 1. The molecule has 0 saturated heterocycles. The van der Waals surface area contributed by atoms with Crippen LogP contribution >= 0.6 is 0 Å². The van der Waals surface area contributed by atoms with Gasteiger partial charge in [-0.15, -0.1) is 0 Å². The molecular weight excluding hydrogens is 308 g/mol. The molecule has 2 aromatic rings. The van der Waals surface area contributed by atoms with Crippen LogP contribution in [0.3, 0.4) is 0 Å². The zero-order valence-corrected chi connectivity index (χ0v) is 13.3. The molecule has 1 aliphatic rings. The molecule has 0 bridgehead atoms. The van der Waals surface area contributed by atoms with Gasteiger partial charge in [0.2, 0.25) is 0 Å². The molecule has 1 heterocycles. The van der Waals surface area contributed by atoms with Crippen LogP contribution in [-0.4, -0.2) is 28.9 Å². The van der Waals surface area contributed by atoms with E-state index >= 15 is 0 Å². The topological polar surface area (TPSA) is 88.4 Å². The van der Waals surface area contributed by atoms with Crippen molar-refractivity contribution >= 4 is 17.4 Å². The third-order valence-electron chi connectivity index (χ3n) is 4.02. The van der Waals surface area contributed by atoms with Crippen molar-refractivity contribution in [2.45, 2.75) is 25.4 Å². The first kappa shape index (κ1) is 15.9. The molecule has 7 heteroatoms. The smallest absolute Gasteiger partial charge is 0.287 e. The Balaban J connectivity index is 1.77. The normalized spacial score (nSPS) is 13.4. The van der Waals surface area contributed by atoms with Crippen molar-refractivity contribution in [3.63, 3.8) is 0 Å². The van der Waals surface area contributed by atoms with E-state index in [1.807, 2.05) is 12.1 Å². The molecule has 1 amide bonds. The molecule has 0 radical (unpaired) electrons. The van der Waals surface area contributed by atoms with Crippen molar-refractivity contribution in [3.05, 3.63) is 63.8 Å². The number of pyridine rings is 1. The lowest BCUT2D eigenvalue weighted by atomic mass is 10.1. The van der Waals surface area contributed by atoms with Gasteiger partial charge in [-0.05, 0) is 36.6 Å². The van der Waals surface area contributed by atoms with Crippen molar-refractivity contribution in [1.82, 2.24) is 10.3 Å². The fourth-order valence-electron chi connectivity index (χ4n) is 2.54. The Hall–Kier alpha value is -2.96. The minimum absolute atomic E-state index is 0.00979. The van der Waals surface area contributed by atoms with Gasteiger partial charge in [0.05, 0.1) is 4.92 Å². The number of aromatic nitrogens is 1. The van der Waals surface area contributed by atoms with E-state index in [1.54, 1.807) is 25.2 Å². The Morgan fingerprint density at radius 2 is 2.00 bits per heavy atom. The summed E-state index contributed by atoms with van der Waals surface area (Å²) in [7, 11) is 1.60. The highest BCUT2D eigenvalue weighted by molar-refractivity contribution is 5.93. The van der Waals surface area contributed by atoms with Crippen LogP contribution in [0.15, 0.2) is 42.6 Å². The molecule has 1 aromatic carbocycles. The summed E-state index contributed by atoms with van der Waals surface area (Å²) in [5.41, 5.74) is 1.67. The number of nitrogens with zero attached hydrogens (tertiary/aromatic N) is 3. The Bertz CT molecular complexity index is 739. The van der Waals surface area contributed by atoms with E-state index in [-0.39, 0.29) is 11.6 Å². The summed E-state index contributed by atoms with van der Waals surface area (Å²) in [6.45, 7) is 0.656. The largest absolute Gasteiger partial charge is 0.355 e. The summed E-state index contributed by atoms with van der Waals surface area (Å²) >= 11 is 0.